The molecule has 0 spiro atoms. The number of benzene rings is 1. The van der Waals surface area contributed by atoms with Crippen molar-refractivity contribution in [2.45, 2.75) is 41.2 Å². The van der Waals surface area contributed by atoms with E-state index in [4.69, 9.17) is 16.3 Å². The van der Waals surface area contributed by atoms with Gasteiger partial charge < -0.3 is 10.1 Å². The predicted octanol–water partition coefficient (Wildman–Crippen LogP) is 3.82. The molecule has 0 fully saturated rings. The normalized spacial score (nSPS) is 10.9. The number of amides is 1. The van der Waals surface area contributed by atoms with Gasteiger partial charge in [0.25, 0.3) is 11.6 Å². The molecule has 10 heteroatoms. The van der Waals surface area contributed by atoms with Crippen molar-refractivity contribution in [3.8, 4) is 0 Å². The number of nitro groups is 1. The highest BCUT2D eigenvalue weighted by Gasteiger charge is 2.24. The summed E-state index contributed by atoms with van der Waals surface area (Å²) in [7, 11) is 0. The Balaban J connectivity index is 2.11. The van der Waals surface area contributed by atoms with Crippen molar-refractivity contribution in [2.75, 3.05) is 11.9 Å². The number of aryl methyl sites for hydroxylation is 2. The molecule has 2 rings (SSSR count). The third-order valence-corrected chi connectivity index (χ3v) is 4.70. The average Bonchev–Trinajstić information content (AvgIpc) is 2.89. The zero-order chi connectivity index (χ0) is 21.9. The van der Waals surface area contributed by atoms with Gasteiger partial charge in [-0.25, -0.2) is 4.79 Å². The number of nitrogens with zero attached hydrogens (tertiary/aromatic N) is 3. The van der Waals surface area contributed by atoms with Gasteiger partial charge in [-0.3, -0.25) is 19.6 Å². The van der Waals surface area contributed by atoms with Gasteiger partial charge in [0.2, 0.25) is 0 Å². The highest BCUT2D eigenvalue weighted by atomic mass is 35.5. The summed E-state index contributed by atoms with van der Waals surface area (Å²) < 4.78 is 6.57. The minimum absolute atomic E-state index is 0.0787. The maximum atomic E-state index is 12.4. The Bertz CT molecular complexity index is 968. The van der Waals surface area contributed by atoms with Crippen LogP contribution in [0.1, 0.15) is 41.0 Å². The summed E-state index contributed by atoms with van der Waals surface area (Å²) >= 11 is 6.23. The Hall–Kier alpha value is -2.94. The van der Waals surface area contributed by atoms with Gasteiger partial charge in [-0.2, -0.15) is 5.10 Å². The molecule has 1 amide bonds. The minimum atomic E-state index is -0.784. The Labute approximate surface area is 173 Å². The summed E-state index contributed by atoms with van der Waals surface area (Å²) in [6.07, 6.45) is 0. The predicted molar refractivity (Wildman–Crippen MR) is 108 cm³/mol. The Morgan fingerprint density at radius 3 is 2.55 bits per heavy atom. The van der Waals surface area contributed by atoms with Gasteiger partial charge in [-0.15, -0.1) is 0 Å². The van der Waals surface area contributed by atoms with Crippen molar-refractivity contribution in [1.82, 2.24) is 9.78 Å². The molecule has 0 saturated carbocycles. The smallest absolute Gasteiger partial charge is 0.343 e. The summed E-state index contributed by atoms with van der Waals surface area (Å²) in [6.45, 7) is 8.95. The Morgan fingerprint density at radius 1 is 1.31 bits per heavy atom. The van der Waals surface area contributed by atoms with Crippen LogP contribution in [0.2, 0.25) is 5.15 Å². The third-order valence-electron chi connectivity index (χ3n) is 4.32. The van der Waals surface area contributed by atoms with E-state index in [2.05, 4.69) is 10.4 Å². The number of halogens is 1. The van der Waals surface area contributed by atoms with E-state index in [0.717, 1.165) is 5.56 Å². The van der Waals surface area contributed by atoms with Crippen molar-refractivity contribution in [3.05, 3.63) is 49.8 Å². The van der Waals surface area contributed by atoms with Crippen molar-refractivity contribution in [1.29, 1.82) is 0 Å². The fourth-order valence-electron chi connectivity index (χ4n) is 2.74. The van der Waals surface area contributed by atoms with Gasteiger partial charge in [0, 0.05) is 12.6 Å². The molecule has 29 heavy (non-hydrogen) atoms. The van der Waals surface area contributed by atoms with Crippen LogP contribution >= 0.6 is 11.6 Å². The Kier molecular flexibility index (Phi) is 6.97. The molecule has 0 radical (unpaired) electrons. The number of nitrogens with one attached hydrogen (secondary N) is 1. The lowest BCUT2D eigenvalue weighted by Gasteiger charge is -2.11. The molecule has 156 valence electrons. The monoisotopic (exact) mass is 422 g/mol. The zero-order valence-electron chi connectivity index (χ0n) is 16.9. The van der Waals surface area contributed by atoms with Gasteiger partial charge in [0.15, 0.2) is 6.61 Å². The first-order valence-corrected chi connectivity index (χ1v) is 9.35. The van der Waals surface area contributed by atoms with E-state index in [9.17, 15) is 19.7 Å². The molecule has 1 heterocycles. The number of carbonyl (C=O) groups is 2. The van der Waals surface area contributed by atoms with E-state index in [1.54, 1.807) is 26.8 Å². The number of aromatic nitrogens is 2. The summed E-state index contributed by atoms with van der Waals surface area (Å²) in [5, 5.41) is 18.0. The van der Waals surface area contributed by atoms with Crippen molar-refractivity contribution in [2.24, 2.45) is 5.92 Å². The SMILES string of the molecule is Cc1ccc([N+](=O)[O-])c(NC(=O)COC(=O)c2c(C)nn(CC(C)C)c2Cl)c1C. The molecule has 2 aromatic rings. The van der Waals surface area contributed by atoms with Crippen LogP contribution in [-0.4, -0.2) is 33.2 Å². The van der Waals surface area contributed by atoms with Crippen molar-refractivity contribution in [3.63, 3.8) is 0 Å². The minimum Gasteiger partial charge on any atom is -0.452 e. The Morgan fingerprint density at radius 2 is 1.97 bits per heavy atom. The van der Waals surface area contributed by atoms with E-state index in [-0.39, 0.29) is 28.0 Å². The molecule has 0 aliphatic rings. The highest BCUT2D eigenvalue weighted by molar-refractivity contribution is 6.32. The van der Waals surface area contributed by atoms with Crippen LogP contribution in [0.5, 0.6) is 0 Å². The maximum Gasteiger partial charge on any atom is 0.343 e. The second kappa shape index (κ2) is 9.04. The van der Waals surface area contributed by atoms with E-state index >= 15 is 0 Å². The third kappa shape index (κ3) is 5.11. The summed E-state index contributed by atoms with van der Waals surface area (Å²) in [5.74, 6) is -1.21. The molecule has 0 saturated heterocycles. The molecule has 1 aromatic carbocycles. The molecule has 0 unspecified atom stereocenters. The molecule has 1 N–H and O–H groups in total. The number of hydrogen-bond acceptors (Lipinski definition) is 6. The molecule has 0 atom stereocenters. The number of ether oxygens (including phenoxy) is 1. The van der Waals surface area contributed by atoms with Gasteiger partial charge in [-0.05, 0) is 37.8 Å². The molecular formula is C19H23ClN4O5. The number of esters is 1. The number of anilines is 1. The summed E-state index contributed by atoms with van der Waals surface area (Å²) in [6, 6.07) is 2.92. The first-order valence-electron chi connectivity index (χ1n) is 8.97. The second-order valence-electron chi connectivity index (χ2n) is 7.11. The van der Waals surface area contributed by atoms with Gasteiger partial charge in [0.1, 0.15) is 16.4 Å². The first-order chi connectivity index (χ1) is 13.5. The van der Waals surface area contributed by atoms with E-state index in [1.165, 1.54) is 10.7 Å². The van der Waals surface area contributed by atoms with Crippen LogP contribution in [0, 0.1) is 36.8 Å². The van der Waals surface area contributed by atoms with E-state index < -0.39 is 23.4 Å². The molecular weight excluding hydrogens is 400 g/mol. The lowest BCUT2D eigenvalue weighted by atomic mass is 10.1. The van der Waals surface area contributed by atoms with Crippen LogP contribution in [0.4, 0.5) is 11.4 Å². The fraction of sp³-hybridized carbons (Fsp3) is 0.421. The van der Waals surface area contributed by atoms with Crippen molar-refractivity contribution < 1.29 is 19.2 Å². The zero-order valence-corrected chi connectivity index (χ0v) is 17.7. The van der Waals surface area contributed by atoms with Crippen LogP contribution in [0.25, 0.3) is 0 Å². The standard InChI is InChI=1S/C19H23ClN4O5/c1-10(2)8-23-18(20)16(13(5)22-23)19(26)29-9-15(25)21-17-12(4)11(3)6-7-14(17)24(27)28/h6-7,10H,8-9H2,1-5H3,(H,21,25). The van der Waals surface area contributed by atoms with Crippen LogP contribution in [0.15, 0.2) is 12.1 Å². The lowest BCUT2D eigenvalue weighted by molar-refractivity contribution is -0.384. The quantitative estimate of drug-likeness (QED) is 0.412. The molecule has 9 nitrogen and oxygen atoms in total. The second-order valence-corrected chi connectivity index (χ2v) is 7.47. The van der Waals surface area contributed by atoms with Crippen LogP contribution in [0.3, 0.4) is 0 Å². The topological polar surface area (TPSA) is 116 Å². The lowest BCUT2D eigenvalue weighted by Crippen LogP contribution is -2.22. The highest BCUT2D eigenvalue weighted by Crippen LogP contribution is 2.30. The number of hydrogen-bond donors (Lipinski definition) is 1. The largest absolute Gasteiger partial charge is 0.452 e. The van der Waals surface area contributed by atoms with Crippen LogP contribution in [-0.2, 0) is 16.1 Å². The molecule has 0 aliphatic carbocycles. The number of carbonyl (C=O) groups excluding carboxylic acids is 2. The molecule has 1 aromatic heterocycles. The average molecular weight is 423 g/mol. The van der Waals surface area contributed by atoms with Crippen LogP contribution < -0.4 is 5.32 Å². The first kappa shape index (κ1) is 22.4. The van der Waals surface area contributed by atoms with Gasteiger partial charge in [0.05, 0.1) is 10.6 Å². The summed E-state index contributed by atoms with van der Waals surface area (Å²) in [5.41, 5.74) is 1.68. The van der Waals surface area contributed by atoms with E-state index in [1.807, 2.05) is 13.8 Å². The maximum absolute atomic E-state index is 12.4. The number of rotatable bonds is 7. The molecule has 0 aliphatic heterocycles. The van der Waals surface area contributed by atoms with E-state index in [0.29, 0.717) is 17.8 Å². The fourth-order valence-corrected chi connectivity index (χ4v) is 3.06. The van der Waals surface area contributed by atoms with Gasteiger partial charge in [-0.1, -0.05) is 31.5 Å². The summed E-state index contributed by atoms with van der Waals surface area (Å²) in [4.78, 5) is 35.3. The van der Waals surface area contributed by atoms with Gasteiger partial charge >= 0.3 is 5.97 Å². The van der Waals surface area contributed by atoms with Crippen molar-refractivity contribution >= 4 is 34.9 Å². The molecule has 0 bridgehead atoms. The number of nitro benzene ring substituents is 1.